The van der Waals surface area contributed by atoms with Gasteiger partial charge in [0.1, 0.15) is 0 Å². The van der Waals surface area contributed by atoms with E-state index in [1.807, 2.05) is 13.8 Å². The normalized spacial score (nSPS) is 12.3. The fourth-order valence-electron chi connectivity index (χ4n) is 2.90. The molecule has 2 aromatic carbocycles. The Kier molecular flexibility index (Phi) is 9.15. The molecule has 0 aliphatic carbocycles. The van der Waals surface area contributed by atoms with Crippen molar-refractivity contribution < 1.29 is 16.8 Å². The summed E-state index contributed by atoms with van der Waals surface area (Å²) >= 11 is 6.04. The fraction of sp³-hybridized carbons (Fsp3) is 0.429. The second kappa shape index (κ2) is 11.1. The predicted molar refractivity (Wildman–Crippen MR) is 123 cm³/mol. The molecule has 2 rings (SSSR count). The molecule has 6 nitrogen and oxygen atoms in total. The van der Waals surface area contributed by atoms with E-state index >= 15 is 0 Å². The molecular formula is C21H29ClN2O4S2. The molecule has 9 heteroatoms. The van der Waals surface area contributed by atoms with Crippen LogP contribution in [0.3, 0.4) is 0 Å². The van der Waals surface area contributed by atoms with E-state index in [9.17, 15) is 16.8 Å². The van der Waals surface area contributed by atoms with Gasteiger partial charge in [0.15, 0.2) is 0 Å². The summed E-state index contributed by atoms with van der Waals surface area (Å²) in [5, 5.41) is 0.378. The van der Waals surface area contributed by atoms with Crippen LogP contribution in [0.2, 0.25) is 5.02 Å². The van der Waals surface area contributed by atoms with E-state index in [2.05, 4.69) is 4.72 Å². The molecule has 0 aliphatic rings. The highest BCUT2D eigenvalue weighted by molar-refractivity contribution is 7.92. The number of unbranched alkanes of at least 4 members (excludes halogenated alkanes) is 2. The first-order valence-electron chi connectivity index (χ1n) is 10.0. The summed E-state index contributed by atoms with van der Waals surface area (Å²) in [6, 6.07) is 12.5. The summed E-state index contributed by atoms with van der Waals surface area (Å²) in [7, 11) is -7.31. The van der Waals surface area contributed by atoms with Gasteiger partial charge in [-0.15, -0.1) is 0 Å². The Hall–Kier alpha value is -1.61. The van der Waals surface area contributed by atoms with Crippen molar-refractivity contribution in [3.63, 3.8) is 0 Å². The molecule has 166 valence electrons. The van der Waals surface area contributed by atoms with Crippen LogP contribution in [0.15, 0.2) is 53.4 Å². The van der Waals surface area contributed by atoms with Crippen LogP contribution >= 0.6 is 11.6 Å². The van der Waals surface area contributed by atoms with Gasteiger partial charge < -0.3 is 0 Å². The van der Waals surface area contributed by atoms with E-state index in [0.717, 1.165) is 25.7 Å². The molecule has 0 saturated carbocycles. The van der Waals surface area contributed by atoms with E-state index in [0.29, 0.717) is 29.4 Å². The lowest BCUT2D eigenvalue weighted by Gasteiger charge is -2.22. The summed E-state index contributed by atoms with van der Waals surface area (Å²) in [5.41, 5.74) is 0.794. The zero-order valence-electron chi connectivity index (χ0n) is 17.3. The Balaban J connectivity index is 2.15. The van der Waals surface area contributed by atoms with Gasteiger partial charge in [-0.25, -0.2) is 16.8 Å². The molecule has 1 N–H and O–H groups in total. The lowest BCUT2D eigenvalue weighted by molar-refractivity contribution is 0.395. The molecule has 0 radical (unpaired) electrons. The number of anilines is 1. The molecule has 0 fully saturated rings. The number of benzene rings is 2. The molecule has 2 aromatic rings. The van der Waals surface area contributed by atoms with Crippen molar-refractivity contribution in [2.75, 3.05) is 17.8 Å². The molecule has 0 aliphatic heterocycles. The zero-order chi connectivity index (χ0) is 22.2. The van der Waals surface area contributed by atoms with Crippen LogP contribution in [-0.4, -0.2) is 34.2 Å². The number of rotatable bonds is 12. The van der Waals surface area contributed by atoms with Crippen LogP contribution in [0.5, 0.6) is 0 Å². The van der Waals surface area contributed by atoms with Crippen molar-refractivity contribution in [3.05, 3.63) is 59.1 Å². The Bertz CT molecular complexity index is 1020. The minimum absolute atomic E-state index is 0.156. The summed E-state index contributed by atoms with van der Waals surface area (Å²) < 4.78 is 54.9. The first-order chi connectivity index (χ1) is 14.2. The van der Waals surface area contributed by atoms with Gasteiger partial charge in [-0.1, -0.05) is 56.5 Å². The third-order valence-corrected chi connectivity index (χ3v) is 8.11. The zero-order valence-corrected chi connectivity index (χ0v) is 19.7. The summed E-state index contributed by atoms with van der Waals surface area (Å²) in [5.74, 6) is -0.269. The minimum Gasteiger partial charge on any atom is -0.283 e. The maximum absolute atomic E-state index is 13.0. The molecule has 0 saturated heterocycles. The number of nitrogens with one attached hydrogen (secondary N) is 1. The highest BCUT2D eigenvalue weighted by Crippen LogP contribution is 2.22. The first-order valence-corrected chi connectivity index (χ1v) is 13.5. The fourth-order valence-corrected chi connectivity index (χ4v) is 5.93. The molecule has 0 aromatic heterocycles. The van der Waals surface area contributed by atoms with Crippen LogP contribution in [0, 0.1) is 0 Å². The Morgan fingerprint density at radius 3 is 1.97 bits per heavy atom. The highest BCUT2D eigenvalue weighted by atomic mass is 35.5. The van der Waals surface area contributed by atoms with Gasteiger partial charge in [0.25, 0.3) is 0 Å². The molecule has 0 spiro atoms. The Labute approximate surface area is 185 Å². The number of sulfonamides is 2. The highest BCUT2D eigenvalue weighted by Gasteiger charge is 2.23. The van der Waals surface area contributed by atoms with E-state index in [4.69, 9.17) is 11.6 Å². The van der Waals surface area contributed by atoms with Gasteiger partial charge in [-0.2, -0.15) is 4.31 Å². The lowest BCUT2D eigenvalue weighted by atomic mass is 10.2. The number of hydrogen-bond donors (Lipinski definition) is 1. The topological polar surface area (TPSA) is 83.6 Å². The number of nitrogens with zero attached hydrogens (tertiary/aromatic N) is 1. The summed E-state index contributed by atoms with van der Waals surface area (Å²) in [6.07, 6.45) is 3.40. The first kappa shape index (κ1) is 24.7. The van der Waals surface area contributed by atoms with E-state index in [1.165, 1.54) is 28.6 Å². The van der Waals surface area contributed by atoms with Gasteiger partial charge in [-0.05, 0) is 48.7 Å². The maximum atomic E-state index is 13.0. The van der Waals surface area contributed by atoms with Crippen molar-refractivity contribution >= 4 is 37.3 Å². The standard InChI is InChI=1S/C21H29ClN2O4S2/c1-3-5-15-24(16-6-4-2)30(27,28)20-13-11-19(12-14-20)23-29(25,26)17-18-9-7-8-10-21(18)22/h7-14,23H,3-6,15-17H2,1-2H3. The second-order valence-electron chi connectivity index (χ2n) is 7.09. The van der Waals surface area contributed by atoms with Gasteiger partial charge in [0.05, 0.1) is 10.6 Å². The molecule has 0 atom stereocenters. The van der Waals surface area contributed by atoms with Crippen molar-refractivity contribution in [2.24, 2.45) is 0 Å². The monoisotopic (exact) mass is 472 g/mol. The second-order valence-corrected chi connectivity index (χ2v) is 11.2. The van der Waals surface area contributed by atoms with Crippen molar-refractivity contribution in [1.82, 2.24) is 4.31 Å². The quantitative estimate of drug-likeness (QED) is 0.477. The van der Waals surface area contributed by atoms with E-state index in [-0.39, 0.29) is 10.6 Å². The smallest absolute Gasteiger partial charge is 0.243 e. The molecule has 0 unspecified atom stereocenters. The average molecular weight is 473 g/mol. The van der Waals surface area contributed by atoms with Crippen molar-refractivity contribution in [2.45, 2.75) is 50.2 Å². The van der Waals surface area contributed by atoms with Gasteiger partial charge in [0, 0.05) is 23.8 Å². The van der Waals surface area contributed by atoms with Gasteiger partial charge >= 0.3 is 0 Å². The molecule has 30 heavy (non-hydrogen) atoms. The van der Waals surface area contributed by atoms with Gasteiger partial charge in [-0.3, -0.25) is 4.72 Å². The lowest BCUT2D eigenvalue weighted by Crippen LogP contribution is -2.33. The number of halogens is 1. The van der Waals surface area contributed by atoms with Crippen LogP contribution in [0.1, 0.15) is 45.1 Å². The molecule has 0 amide bonds. The predicted octanol–water partition coefficient (Wildman–Crippen LogP) is 4.87. The summed E-state index contributed by atoms with van der Waals surface area (Å²) in [4.78, 5) is 0.156. The largest absolute Gasteiger partial charge is 0.283 e. The molecule has 0 heterocycles. The van der Waals surface area contributed by atoms with Gasteiger partial charge in [0.2, 0.25) is 20.0 Å². The molecule has 0 bridgehead atoms. The SMILES string of the molecule is CCCCN(CCCC)S(=O)(=O)c1ccc(NS(=O)(=O)Cc2ccccc2Cl)cc1. The van der Waals surface area contributed by atoms with Crippen LogP contribution < -0.4 is 4.72 Å². The van der Waals surface area contributed by atoms with E-state index in [1.54, 1.807) is 24.3 Å². The van der Waals surface area contributed by atoms with Crippen molar-refractivity contribution in [1.29, 1.82) is 0 Å². The third kappa shape index (κ3) is 6.97. The van der Waals surface area contributed by atoms with Crippen LogP contribution in [0.25, 0.3) is 0 Å². The maximum Gasteiger partial charge on any atom is 0.243 e. The average Bonchev–Trinajstić information content (AvgIpc) is 2.69. The van der Waals surface area contributed by atoms with Crippen molar-refractivity contribution in [3.8, 4) is 0 Å². The Morgan fingerprint density at radius 2 is 1.43 bits per heavy atom. The van der Waals surface area contributed by atoms with E-state index < -0.39 is 20.0 Å². The van der Waals surface area contributed by atoms with Crippen LogP contribution in [0.4, 0.5) is 5.69 Å². The molecular weight excluding hydrogens is 444 g/mol. The third-order valence-electron chi connectivity index (χ3n) is 4.59. The summed E-state index contributed by atoms with van der Waals surface area (Å²) in [6.45, 7) is 5.00. The minimum atomic E-state index is -3.69. The number of hydrogen-bond acceptors (Lipinski definition) is 4. The van der Waals surface area contributed by atoms with Crippen LogP contribution in [-0.2, 0) is 25.8 Å². The Morgan fingerprint density at radius 1 is 0.867 bits per heavy atom.